The van der Waals surface area contributed by atoms with Crippen molar-refractivity contribution >= 4 is 6.21 Å². The van der Waals surface area contributed by atoms with Crippen LogP contribution >= 0.6 is 0 Å². The van der Waals surface area contributed by atoms with Gasteiger partial charge in [0.1, 0.15) is 5.82 Å². The fourth-order valence-corrected chi connectivity index (χ4v) is 2.99. The summed E-state index contributed by atoms with van der Waals surface area (Å²) in [6.07, 6.45) is 8.47. The maximum atomic E-state index is 7.90. The van der Waals surface area contributed by atoms with E-state index >= 15 is 0 Å². The Balaban J connectivity index is 2.36. The van der Waals surface area contributed by atoms with Gasteiger partial charge in [-0.05, 0) is 58.3 Å². The second-order valence-corrected chi connectivity index (χ2v) is 7.27. The van der Waals surface area contributed by atoms with Crippen LogP contribution in [0.5, 0.6) is 0 Å². The molecule has 25 heavy (non-hydrogen) atoms. The molecule has 0 saturated heterocycles. The zero-order chi connectivity index (χ0) is 18.7. The van der Waals surface area contributed by atoms with Crippen LogP contribution in [0.25, 0.3) is 0 Å². The van der Waals surface area contributed by atoms with Crippen LogP contribution in [0.15, 0.2) is 57.6 Å². The van der Waals surface area contributed by atoms with E-state index in [1.807, 2.05) is 13.0 Å². The average Bonchev–Trinajstić information content (AvgIpc) is 3.22. The molecule has 2 rings (SSSR count). The van der Waals surface area contributed by atoms with Gasteiger partial charge < -0.3 is 27.5 Å². The molecule has 0 amide bonds. The van der Waals surface area contributed by atoms with E-state index in [1.54, 1.807) is 0 Å². The Morgan fingerprint density at radius 3 is 2.44 bits per heavy atom. The first kappa shape index (κ1) is 19.1. The van der Waals surface area contributed by atoms with E-state index in [0.29, 0.717) is 0 Å². The van der Waals surface area contributed by atoms with Crippen LogP contribution in [0.1, 0.15) is 41.0 Å². The summed E-state index contributed by atoms with van der Waals surface area (Å²) < 4.78 is 0. The van der Waals surface area contributed by atoms with Crippen molar-refractivity contribution in [2.24, 2.45) is 11.5 Å². The van der Waals surface area contributed by atoms with Gasteiger partial charge in [-0.1, -0.05) is 23.3 Å². The van der Waals surface area contributed by atoms with Gasteiger partial charge in [0.05, 0.1) is 6.04 Å². The first-order valence-corrected chi connectivity index (χ1v) is 8.79. The predicted molar refractivity (Wildman–Crippen MR) is 106 cm³/mol. The monoisotopic (exact) mass is 341 g/mol. The first-order valence-electron chi connectivity index (χ1n) is 8.79. The molecule has 0 aromatic heterocycles. The van der Waals surface area contributed by atoms with Gasteiger partial charge in [0.25, 0.3) is 0 Å². The van der Waals surface area contributed by atoms with E-state index in [1.165, 1.54) is 22.9 Å². The average molecular weight is 342 g/mol. The van der Waals surface area contributed by atoms with Crippen molar-refractivity contribution in [3.8, 4) is 0 Å². The number of hydrogen-bond donors (Lipinski definition) is 5. The second kappa shape index (κ2) is 7.74. The molecule has 136 valence electrons. The molecule has 0 bridgehead atoms. The van der Waals surface area contributed by atoms with Gasteiger partial charge in [-0.15, -0.1) is 0 Å². The summed E-state index contributed by atoms with van der Waals surface area (Å²) in [5, 5.41) is 14.8. The van der Waals surface area contributed by atoms with Gasteiger partial charge in [-0.3, -0.25) is 0 Å². The molecule has 0 aromatic carbocycles. The fourth-order valence-electron chi connectivity index (χ4n) is 2.99. The summed E-state index contributed by atoms with van der Waals surface area (Å²) in [6.45, 7) is 10.3. The Kier molecular flexibility index (Phi) is 5.90. The van der Waals surface area contributed by atoms with Crippen LogP contribution in [-0.2, 0) is 0 Å². The van der Waals surface area contributed by atoms with Gasteiger partial charge in [0, 0.05) is 29.6 Å². The highest BCUT2D eigenvalue weighted by Crippen LogP contribution is 2.31. The molecule has 1 aliphatic heterocycles. The minimum Gasteiger partial charge on any atom is -0.402 e. The normalized spacial score (nSPS) is 24.4. The summed E-state index contributed by atoms with van der Waals surface area (Å²) >= 11 is 0. The lowest BCUT2D eigenvalue weighted by Gasteiger charge is -2.29. The van der Waals surface area contributed by atoms with Crippen molar-refractivity contribution in [3.05, 3.63) is 57.6 Å². The topological polar surface area (TPSA) is 99.9 Å². The Morgan fingerprint density at radius 2 is 1.96 bits per heavy atom. The highest BCUT2D eigenvalue weighted by atomic mass is 15.1. The van der Waals surface area contributed by atoms with E-state index in [9.17, 15) is 0 Å². The predicted octanol–water partition coefficient (Wildman–Crippen LogP) is 2.60. The molecule has 0 fully saturated rings. The minimum atomic E-state index is 0.0676. The first-order chi connectivity index (χ1) is 11.7. The number of nitrogens with one attached hydrogen (secondary N) is 3. The minimum absolute atomic E-state index is 0.0676. The van der Waals surface area contributed by atoms with Gasteiger partial charge in [-0.25, -0.2) is 0 Å². The van der Waals surface area contributed by atoms with Crippen LogP contribution in [0.3, 0.4) is 0 Å². The molecule has 1 heterocycles. The lowest BCUT2D eigenvalue weighted by atomic mass is 9.91. The largest absolute Gasteiger partial charge is 0.402 e. The van der Waals surface area contributed by atoms with Crippen molar-refractivity contribution < 1.29 is 0 Å². The Hall–Kier alpha value is -2.27. The standard InChI is InChI=1S/C20H31N5/c1-11(2)24-20-17(10-21)15(7-13(4)12(3)6-14(5)22)8-19(25-20)16-9-18(16)23/h6,8-11,18-19,21,24-25H,7,22-23H2,1-5H3/b13-12+,14-6-,21-10?. The van der Waals surface area contributed by atoms with Crippen LogP contribution in [-0.4, -0.2) is 24.3 Å². The van der Waals surface area contributed by atoms with E-state index in [4.69, 9.17) is 16.9 Å². The van der Waals surface area contributed by atoms with Gasteiger partial charge in [0.2, 0.25) is 0 Å². The number of hydrogen-bond acceptors (Lipinski definition) is 5. The third-order valence-corrected chi connectivity index (χ3v) is 4.44. The highest BCUT2D eigenvalue weighted by molar-refractivity contribution is 5.84. The highest BCUT2D eigenvalue weighted by Gasteiger charge is 2.31. The van der Waals surface area contributed by atoms with Crippen LogP contribution < -0.4 is 22.1 Å². The van der Waals surface area contributed by atoms with Crippen LogP contribution in [0, 0.1) is 5.41 Å². The zero-order valence-corrected chi connectivity index (χ0v) is 15.9. The summed E-state index contributed by atoms with van der Waals surface area (Å²) in [5.41, 5.74) is 18.3. The number of dihydropyridines is 1. The van der Waals surface area contributed by atoms with E-state index in [-0.39, 0.29) is 18.1 Å². The van der Waals surface area contributed by atoms with E-state index in [2.05, 4.69) is 50.5 Å². The molecule has 2 atom stereocenters. The van der Waals surface area contributed by atoms with Crippen molar-refractivity contribution in [1.29, 1.82) is 5.41 Å². The third-order valence-electron chi connectivity index (χ3n) is 4.44. The van der Waals surface area contributed by atoms with Gasteiger partial charge in [0.15, 0.2) is 0 Å². The molecule has 0 aromatic rings. The number of allylic oxidation sites excluding steroid dienone is 6. The Bertz CT molecular complexity index is 700. The molecule has 0 saturated carbocycles. The molecule has 7 N–H and O–H groups in total. The smallest absolute Gasteiger partial charge is 0.109 e. The molecular formula is C20H31N5. The van der Waals surface area contributed by atoms with Gasteiger partial charge in [-0.2, -0.15) is 0 Å². The molecule has 2 aliphatic rings. The van der Waals surface area contributed by atoms with E-state index in [0.717, 1.165) is 29.1 Å². The van der Waals surface area contributed by atoms with Crippen LogP contribution in [0.4, 0.5) is 0 Å². The molecule has 2 unspecified atom stereocenters. The molecular weight excluding hydrogens is 310 g/mol. The molecule has 1 aliphatic carbocycles. The Labute approximate surface area is 151 Å². The maximum Gasteiger partial charge on any atom is 0.109 e. The lowest BCUT2D eigenvalue weighted by molar-refractivity contribution is 0.583. The Morgan fingerprint density at radius 1 is 1.32 bits per heavy atom. The SMILES string of the molecule is C/C(N)=C/C(C)=C(\C)CC1=CC(C2=CC2N)NC(NC(C)C)=C1C=N. The van der Waals surface area contributed by atoms with Crippen molar-refractivity contribution in [2.75, 3.05) is 0 Å². The summed E-state index contributed by atoms with van der Waals surface area (Å²) in [7, 11) is 0. The molecule has 0 radical (unpaired) electrons. The van der Waals surface area contributed by atoms with Crippen LogP contribution in [0.2, 0.25) is 0 Å². The fraction of sp³-hybridized carbons (Fsp3) is 0.450. The summed E-state index contributed by atoms with van der Waals surface area (Å²) in [5.74, 6) is 0.906. The van der Waals surface area contributed by atoms with Crippen molar-refractivity contribution in [3.63, 3.8) is 0 Å². The lowest BCUT2D eigenvalue weighted by Crippen LogP contribution is -2.41. The number of rotatable bonds is 7. The molecule has 5 nitrogen and oxygen atoms in total. The number of nitrogens with two attached hydrogens (primary N) is 2. The summed E-state index contributed by atoms with van der Waals surface area (Å²) in [4.78, 5) is 0. The second-order valence-electron chi connectivity index (χ2n) is 7.27. The zero-order valence-electron chi connectivity index (χ0n) is 15.9. The van der Waals surface area contributed by atoms with E-state index < -0.39 is 0 Å². The van der Waals surface area contributed by atoms with Crippen molar-refractivity contribution in [1.82, 2.24) is 10.6 Å². The summed E-state index contributed by atoms with van der Waals surface area (Å²) in [6, 6.07) is 0.438. The molecule has 0 spiro atoms. The third kappa shape index (κ3) is 4.86. The maximum absolute atomic E-state index is 7.90. The van der Waals surface area contributed by atoms with Crippen molar-refractivity contribution in [2.45, 2.75) is 59.2 Å². The molecule has 5 heteroatoms. The van der Waals surface area contributed by atoms with Gasteiger partial charge >= 0.3 is 0 Å². The quantitative estimate of drug-likeness (QED) is 0.279.